The largest absolute Gasteiger partial charge is 0.490 e. The number of azo groups is 2. The van der Waals surface area contributed by atoms with E-state index in [-0.39, 0.29) is 0 Å². The minimum Gasteiger partial charge on any atom is -0.490 e. The third-order valence-electron chi connectivity index (χ3n) is 16.3. The molecule has 14 nitrogen and oxygen atoms in total. The van der Waals surface area contributed by atoms with Crippen LogP contribution in [0.4, 0.5) is 22.7 Å². The number of ether oxygens (including phenoxy) is 8. The van der Waals surface area contributed by atoms with Gasteiger partial charge in [0.25, 0.3) is 0 Å². The summed E-state index contributed by atoms with van der Waals surface area (Å²) in [6, 6.07) is 35.8. The second kappa shape index (κ2) is 46.4. The fraction of sp³-hybridized carbons (Fsp3) is 0.525. The van der Waals surface area contributed by atoms with Gasteiger partial charge in [0.15, 0.2) is 23.0 Å². The van der Waals surface area contributed by atoms with Crippen molar-refractivity contribution in [3.05, 3.63) is 132 Å². The number of hydrogen-bond acceptors (Lipinski definition) is 14. The summed E-state index contributed by atoms with van der Waals surface area (Å²) < 4.78 is 50.4. The van der Waals surface area contributed by atoms with Gasteiger partial charge < -0.3 is 37.9 Å². The van der Waals surface area contributed by atoms with Crippen LogP contribution < -0.4 is 37.9 Å². The van der Waals surface area contributed by atoms with Gasteiger partial charge in [-0.05, 0) is 147 Å². The maximum Gasteiger partial charge on any atom is 0.343 e. The molecule has 6 aromatic carbocycles. The summed E-state index contributed by atoms with van der Waals surface area (Å²) >= 11 is 0. The van der Waals surface area contributed by atoms with Crippen LogP contribution in [0.15, 0.2) is 142 Å². The molecule has 0 amide bonds. The van der Waals surface area contributed by atoms with Gasteiger partial charge in [0.1, 0.15) is 22.9 Å². The lowest BCUT2D eigenvalue weighted by atomic mass is 10.1. The minimum atomic E-state index is -0.505. The average molecular weight is 1290 g/mol. The Hall–Kier alpha value is -7.74. The van der Waals surface area contributed by atoms with Crippen LogP contribution in [-0.2, 0) is 0 Å². The molecule has 0 aliphatic carbocycles. The van der Waals surface area contributed by atoms with E-state index in [1.54, 1.807) is 72.8 Å². The molecule has 0 bridgehead atoms. The maximum absolute atomic E-state index is 13.4. The molecule has 0 N–H and O–H groups in total. The van der Waals surface area contributed by atoms with E-state index in [0.717, 1.165) is 88.2 Å². The Labute approximate surface area is 563 Å². The van der Waals surface area contributed by atoms with Gasteiger partial charge in [0.05, 0.1) is 62.1 Å². The van der Waals surface area contributed by atoms with Crippen LogP contribution in [0, 0.1) is 0 Å². The summed E-state index contributed by atoms with van der Waals surface area (Å²) in [5, 5.41) is 18.5. The van der Waals surface area contributed by atoms with Gasteiger partial charge in [-0.2, -0.15) is 10.2 Å². The van der Waals surface area contributed by atoms with Crippen LogP contribution in [0.2, 0.25) is 0 Å². The fourth-order valence-corrected chi connectivity index (χ4v) is 10.6. The van der Waals surface area contributed by atoms with E-state index in [4.69, 9.17) is 37.9 Å². The van der Waals surface area contributed by atoms with Crippen molar-refractivity contribution in [2.75, 3.05) is 39.6 Å². The minimum absolute atomic E-state index is 0.366. The number of hydrogen-bond donors (Lipinski definition) is 0. The molecule has 0 fully saturated rings. The van der Waals surface area contributed by atoms with Gasteiger partial charge in [-0.3, -0.25) is 0 Å². The first-order valence-corrected chi connectivity index (χ1v) is 36.1. The highest BCUT2D eigenvalue weighted by Crippen LogP contribution is 2.47. The highest BCUT2D eigenvalue weighted by Gasteiger charge is 2.22. The van der Waals surface area contributed by atoms with Gasteiger partial charge in [-0.1, -0.05) is 220 Å². The fourth-order valence-electron chi connectivity index (χ4n) is 10.6. The Morgan fingerprint density at radius 3 is 0.819 bits per heavy atom. The molecule has 0 unspecified atom stereocenters. The summed E-state index contributed by atoms with van der Waals surface area (Å²) in [4.78, 5) is 26.8. The van der Waals surface area contributed by atoms with Crippen molar-refractivity contribution >= 4 is 34.7 Å². The van der Waals surface area contributed by atoms with Crippen molar-refractivity contribution < 1.29 is 47.5 Å². The summed E-state index contributed by atoms with van der Waals surface area (Å²) in [5.41, 5.74) is 4.73. The summed E-state index contributed by atoms with van der Waals surface area (Å²) in [5.74, 6) is 3.34. The molecule has 14 heteroatoms. The molecule has 0 aliphatic rings. The maximum atomic E-state index is 13.4. The summed E-state index contributed by atoms with van der Waals surface area (Å²) in [7, 11) is 0. The number of carbonyl (C=O) groups excluding carboxylic acids is 2. The normalized spacial score (nSPS) is 11.3. The van der Waals surface area contributed by atoms with Gasteiger partial charge in [0.2, 0.25) is 11.5 Å². The first kappa shape index (κ1) is 75.3. The highest BCUT2D eigenvalue weighted by molar-refractivity contribution is 5.92. The Kier molecular flexibility index (Phi) is 37.1. The Morgan fingerprint density at radius 1 is 0.266 bits per heavy atom. The van der Waals surface area contributed by atoms with Gasteiger partial charge in [-0.25, -0.2) is 9.59 Å². The Bertz CT molecular complexity index is 2880. The molecule has 94 heavy (non-hydrogen) atoms. The topological polar surface area (TPSA) is 157 Å². The molecule has 0 aromatic heterocycles. The number of nitrogens with zero attached hydrogens (tertiary/aromatic N) is 4. The van der Waals surface area contributed by atoms with Crippen molar-refractivity contribution in [2.24, 2.45) is 20.5 Å². The molecule has 0 saturated carbocycles. The number of carbonyl (C=O) groups is 2. The predicted molar refractivity (Wildman–Crippen MR) is 381 cm³/mol. The van der Waals surface area contributed by atoms with Crippen molar-refractivity contribution in [1.29, 1.82) is 0 Å². The lowest BCUT2D eigenvalue weighted by Crippen LogP contribution is -2.08. The Balaban J connectivity index is 1.05. The lowest BCUT2D eigenvalue weighted by molar-refractivity contribution is 0.0725. The van der Waals surface area contributed by atoms with Crippen LogP contribution in [0.5, 0.6) is 46.0 Å². The highest BCUT2D eigenvalue weighted by atomic mass is 16.6. The molecule has 6 rings (SSSR count). The van der Waals surface area contributed by atoms with E-state index in [0.29, 0.717) is 120 Å². The number of unbranched alkanes of at least 4 members (excludes halogenated alkanes) is 24. The van der Waals surface area contributed by atoms with Crippen LogP contribution in [-0.4, -0.2) is 51.6 Å². The van der Waals surface area contributed by atoms with E-state index in [9.17, 15) is 9.59 Å². The smallest absolute Gasteiger partial charge is 0.343 e. The lowest BCUT2D eigenvalue weighted by Gasteiger charge is -2.18. The molecule has 0 atom stereocenters. The summed E-state index contributed by atoms with van der Waals surface area (Å²) in [6.45, 7) is 16.7. The third-order valence-corrected chi connectivity index (χ3v) is 16.3. The average Bonchev–Trinajstić information content (AvgIpc) is 0.896. The SMILES string of the molecule is CCCCCCCOc1ccc(N=Nc2ccc(C(=O)Oc3ccc(-c4ccc(OC(=O)c5ccc(N=Nc6ccc(OCCCCCCC)c(OCCCCCCC)c6OCCCCCCC)cc5)cc4)cc3)cc2)c(OCCCCCCC)c1OCCCCCCC. The second-order valence-corrected chi connectivity index (χ2v) is 24.4. The zero-order valence-electron chi connectivity index (χ0n) is 57.9. The zero-order chi connectivity index (χ0) is 66.5. The number of esters is 2. The summed E-state index contributed by atoms with van der Waals surface area (Å²) in [6.07, 6.45) is 33.8. The standard InChI is InChI=1S/C80H110N4O10/c1-7-13-19-25-31-57-87-73-55-53-71(75(89-59-33-27-21-15-9-3)77(73)91-61-35-29-23-17-11-5)83-81-67-45-37-65(38-46-67)79(85)93-69-49-41-63(42-50-69)64-43-51-70(52-44-64)94-80(86)66-39-47-68(48-40-66)82-84-72-54-56-74(88-58-32-26-20-14-8-2)78(92-62-36-30-24-18-12-6)76(72)90-60-34-28-22-16-10-4/h37-56H,7-36,57-62H2,1-6H3. The molecule has 6 aromatic rings. The molecule has 0 radical (unpaired) electrons. The van der Waals surface area contributed by atoms with Gasteiger partial charge in [-0.15, -0.1) is 10.2 Å². The van der Waals surface area contributed by atoms with E-state index in [1.807, 2.05) is 48.5 Å². The van der Waals surface area contributed by atoms with E-state index >= 15 is 0 Å². The van der Waals surface area contributed by atoms with Gasteiger partial charge in [0, 0.05) is 0 Å². The van der Waals surface area contributed by atoms with Crippen molar-refractivity contribution in [2.45, 2.75) is 234 Å². The van der Waals surface area contributed by atoms with E-state index in [2.05, 4.69) is 62.0 Å². The first-order valence-electron chi connectivity index (χ1n) is 36.1. The zero-order valence-corrected chi connectivity index (χ0v) is 57.9. The molecular formula is C80H110N4O10. The van der Waals surface area contributed by atoms with Crippen LogP contribution in [0.3, 0.4) is 0 Å². The monoisotopic (exact) mass is 1290 g/mol. The van der Waals surface area contributed by atoms with Gasteiger partial charge >= 0.3 is 11.9 Å². The molecular weight excluding hydrogens is 1180 g/mol. The molecule has 0 saturated heterocycles. The quantitative estimate of drug-likeness (QED) is 0.0156. The Morgan fingerprint density at radius 2 is 0.532 bits per heavy atom. The number of rotatable bonds is 51. The van der Waals surface area contributed by atoms with E-state index in [1.165, 1.54) is 116 Å². The molecule has 510 valence electrons. The van der Waals surface area contributed by atoms with Crippen LogP contribution >= 0.6 is 0 Å². The van der Waals surface area contributed by atoms with Crippen LogP contribution in [0.25, 0.3) is 11.1 Å². The van der Waals surface area contributed by atoms with Crippen molar-refractivity contribution in [3.63, 3.8) is 0 Å². The second-order valence-electron chi connectivity index (χ2n) is 24.4. The van der Waals surface area contributed by atoms with E-state index < -0.39 is 11.9 Å². The molecule has 0 aliphatic heterocycles. The van der Waals surface area contributed by atoms with Crippen molar-refractivity contribution in [1.82, 2.24) is 0 Å². The predicted octanol–water partition coefficient (Wildman–Crippen LogP) is 24.7. The van der Waals surface area contributed by atoms with Crippen LogP contribution in [0.1, 0.15) is 255 Å². The third kappa shape index (κ3) is 28.1. The molecule has 0 heterocycles. The van der Waals surface area contributed by atoms with Crippen molar-refractivity contribution in [3.8, 4) is 57.1 Å². The first-order chi connectivity index (χ1) is 46.3. The molecule has 0 spiro atoms. The number of benzene rings is 6.